The van der Waals surface area contributed by atoms with Crippen LogP contribution in [-0.2, 0) is 13.8 Å². The van der Waals surface area contributed by atoms with Crippen molar-refractivity contribution in [3.8, 4) is 0 Å². The first-order valence-corrected chi connectivity index (χ1v) is 5.51. The summed E-state index contributed by atoms with van der Waals surface area (Å²) in [6.45, 7) is 6.25. The van der Waals surface area contributed by atoms with Crippen molar-refractivity contribution in [3.63, 3.8) is 0 Å². The summed E-state index contributed by atoms with van der Waals surface area (Å²) in [5.74, 6) is 0. The van der Waals surface area contributed by atoms with Crippen molar-refractivity contribution in [2.75, 3.05) is 19.8 Å². The Balaban J connectivity index is 3.53. The van der Waals surface area contributed by atoms with Gasteiger partial charge in [-0.2, -0.15) is 11.0 Å². The molecule has 0 spiro atoms. The van der Waals surface area contributed by atoms with Gasteiger partial charge in [-0.15, -0.1) is 0 Å². The molecule has 0 unspecified atom stereocenters. The van der Waals surface area contributed by atoms with Gasteiger partial charge in [0.15, 0.2) is 0 Å². The summed E-state index contributed by atoms with van der Waals surface area (Å²) in [7, 11) is -2.95. The summed E-state index contributed by atoms with van der Waals surface area (Å²) >= 11 is 0. The smallest absolute Gasteiger partial charge is 0.257 e. The first-order valence-electron chi connectivity index (χ1n) is 3.52. The van der Waals surface area contributed by atoms with Crippen LogP contribution in [0.1, 0.15) is 13.8 Å². The molecule has 0 heterocycles. The van der Waals surface area contributed by atoms with Crippen LogP contribution in [0, 0.1) is 0 Å². The highest BCUT2D eigenvalue weighted by Gasteiger charge is 2.16. The molecular weight excluding hydrogens is 167 g/mol. The van der Waals surface area contributed by atoms with Crippen molar-refractivity contribution in [2.24, 2.45) is 0 Å². The van der Waals surface area contributed by atoms with Crippen molar-refractivity contribution in [1.82, 2.24) is 11.0 Å². The Kier molecular flexibility index (Phi) is 5.72. The monoisotopic (exact) mass is 182 g/mol. The summed E-state index contributed by atoms with van der Waals surface area (Å²) in [4.78, 5) is 0. The number of hydrogen-bond donors (Lipinski definition) is 2. The van der Waals surface area contributed by atoms with Gasteiger partial charge in [-0.1, -0.05) is 13.8 Å². The van der Waals surface area contributed by atoms with Gasteiger partial charge in [0.05, 0.1) is 0 Å². The standard InChI is InChI=1S/C5H15N2O3P/c1-4-6-9-11(3,8)10-7-5-2/h6-7H,4-5H2,1-3H3. The van der Waals surface area contributed by atoms with Crippen LogP contribution in [0.2, 0.25) is 0 Å². The molecule has 0 saturated heterocycles. The highest BCUT2D eigenvalue weighted by molar-refractivity contribution is 7.52. The van der Waals surface area contributed by atoms with Gasteiger partial charge in [0, 0.05) is 19.8 Å². The summed E-state index contributed by atoms with van der Waals surface area (Å²) in [5, 5.41) is 0. The molecular formula is C5H15N2O3P. The SMILES string of the molecule is CCNOP(C)(=O)ONCC. The lowest BCUT2D eigenvalue weighted by atomic mass is 10.8. The highest BCUT2D eigenvalue weighted by atomic mass is 31.2. The minimum Gasteiger partial charge on any atom is -0.257 e. The normalized spacial score (nSPS) is 11.9. The average Bonchev–Trinajstić information content (AvgIpc) is 1.97. The molecule has 0 saturated carbocycles. The zero-order valence-corrected chi connectivity index (χ0v) is 7.98. The van der Waals surface area contributed by atoms with Gasteiger partial charge < -0.3 is 0 Å². The molecule has 0 aliphatic heterocycles. The van der Waals surface area contributed by atoms with E-state index in [2.05, 4.69) is 11.0 Å². The van der Waals surface area contributed by atoms with E-state index < -0.39 is 7.60 Å². The second-order valence-corrected chi connectivity index (χ2v) is 3.86. The molecule has 0 radical (unpaired) electrons. The van der Waals surface area contributed by atoms with Gasteiger partial charge in [-0.3, -0.25) is 4.57 Å². The van der Waals surface area contributed by atoms with E-state index >= 15 is 0 Å². The van der Waals surface area contributed by atoms with E-state index in [1.165, 1.54) is 6.66 Å². The zero-order chi connectivity index (χ0) is 8.74. The zero-order valence-electron chi connectivity index (χ0n) is 7.09. The van der Waals surface area contributed by atoms with Crippen molar-refractivity contribution in [3.05, 3.63) is 0 Å². The van der Waals surface area contributed by atoms with Crippen LogP contribution < -0.4 is 11.0 Å². The molecule has 0 aromatic carbocycles. The largest absolute Gasteiger partial charge is 0.360 e. The van der Waals surface area contributed by atoms with Crippen LogP contribution in [0.4, 0.5) is 0 Å². The molecule has 0 amide bonds. The van der Waals surface area contributed by atoms with Crippen molar-refractivity contribution in [2.45, 2.75) is 13.8 Å². The van der Waals surface area contributed by atoms with Crippen LogP contribution in [-0.4, -0.2) is 19.8 Å². The number of nitrogens with one attached hydrogen (secondary N) is 2. The number of hydrogen-bond acceptors (Lipinski definition) is 5. The first-order chi connectivity index (χ1) is 5.12. The molecule has 0 aromatic heterocycles. The van der Waals surface area contributed by atoms with Crippen LogP contribution in [0.5, 0.6) is 0 Å². The summed E-state index contributed by atoms with van der Waals surface area (Å²) < 4.78 is 20.6. The Labute approximate surface area is 66.9 Å². The van der Waals surface area contributed by atoms with E-state index in [1.54, 1.807) is 0 Å². The average molecular weight is 182 g/mol. The Hall–Kier alpha value is 0.0700. The van der Waals surface area contributed by atoms with Crippen LogP contribution >= 0.6 is 7.60 Å². The molecule has 0 atom stereocenters. The van der Waals surface area contributed by atoms with Crippen LogP contribution in [0.15, 0.2) is 0 Å². The van der Waals surface area contributed by atoms with E-state index in [-0.39, 0.29) is 0 Å². The third kappa shape index (κ3) is 6.47. The number of rotatable bonds is 6. The summed E-state index contributed by atoms with van der Waals surface area (Å²) in [5.41, 5.74) is 4.94. The van der Waals surface area contributed by atoms with Crippen LogP contribution in [0.25, 0.3) is 0 Å². The van der Waals surface area contributed by atoms with E-state index in [1.807, 2.05) is 13.8 Å². The fraction of sp³-hybridized carbons (Fsp3) is 1.00. The predicted octanol–water partition coefficient (Wildman–Crippen LogP) is 0.892. The minimum absolute atomic E-state index is 0.591. The Morgan fingerprint density at radius 2 is 1.55 bits per heavy atom. The van der Waals surface area contributed by atoms with E-state index in [0.717, 1.165) is 0 Å². The minimum atomic E-state index is -2.95. The second-order valence-electron chi connectivity index (χ2n) is 1.95. The summed E-state index contributed by atoms with van der Waals surface area (Å²) in [6, 6.07) is 0. The molecule has 0 bridgehead atoms. The van der Waals surface area contributed by atoms with Crippen molar-refractivity contribution < 1.29 is 13.8 Å². The van der Waals surface area contributed by atoms with E-state index in [4.69, 9.17) is 9.25 Å². The maximum Gasteiger partial charge on any atom is 0.360 e. The molecule has 0 fully saturated rings. The van der Waals surface area contributed by atoms with Gasteiger partial charge in [0.25, 0.3) is 0 Å². The molecule has 11 heavy (non-hydrogen) atoms. The van der Waals surface area contributed by atoms with Gasteiger partial charge in [-0.05, 0) is 0 Å². The molecule has 2 N–H and O–H groups in total. The first kappa shape index (κ1) is 11.1. The number of hydroxylamine groups is 2. The molecule has 6 heteroatoms. The molecule has 5 nitrogen and oxygen atoms in total. The fourth-order valence-electron chi connectivity index (χ4n) is 0.382. The summed E-state index contributed by atoms with van der Waals surface area (Å²) in [6.07, 6.45) is 0. The van der Waals surface area contributed by atoms with Crippen molar-refractivity contribution >= 4 is 7.60 Å². The molecule has 0 aliphatic carbocycles. The molecule has 0 aliphatic rings. The van der Waals surface area contributed by atoms with Gasteiger partial charge >= 0.3 is 7.60 Å². The second kappa shape index (κ2) is 5.69. The Morgan fingerprint density at radius 3 is 1.82 bits per heavy atom. The third-order valence-corrected chi connectivity index (χ3v) is 1.67. The molecule has 0 aromatic rings. The maximum absolute atomic E-state index is 11.2. The lowest BCUT2D eigenvalue weighted by Gasteiger charge is -2.12. The third-order valence-electron chi connectivity index (χ3n) is 0.749. The van der Waals surface area contributed by atoms with E-state index in [9.17, 15) is 4.57 Å². The van der Waals surface area contributed by atoms with E-state index in [0.29, 0.717) is 13.1 Å². The van der Waals surface area contributed by atoms with Gasteiger partial charge in [-0.25, -0.2) is 9.25 Å². The highest BCUT2D eigenvalue weighted by Crippen LogP contribution is 2.40. The lowest BCUT2D eigenvalue weighted by Crippen LogP contribution is -2.17. The molecule has 68 valence electrons. The maximum atomic E-state index is 11.2. The lowest BCUT2D eigenvalue weighted by molar-refractivity contribution is 0.109. The van der Waals surface area contributed by atoms with Crippen molar-refractivity contribution in [1.29, 1.82) is 0 Å². The Bertz CT molecular complexity index is 130. The fourth-order valence-corrected chi connectivity index (χ4v) is 1.15. The Morgan fingerprint density at radius 1 is 1.18 bits per heavy atom. The van der Waals surface area contributed by atoms with Gasteiger partial charge in [0.2, 0.25) is 0 Å². The predicted molar refractivity (Wildman–Crippen MR) is 43.1 cm³/mol. The van der Waals surface area contributed by atoms with Gasteiger partial charge in [0.1, 0.15) is 0 Å². The molecule has 0 rings (SSSR count). The quantitative estimate of drug-likeness (QED) is 0.472. The van der Waals surface area contributed by atoms with Crippen LogP contribution in [0.3, 0.4) is 0 Å². The topological polar surface area (TPSA) is 59.6 Å².